The largest absolute Gasteiger partial charge is 0.495 e. The highest BCUT2D eigenvalue weighted by molar-refractivity contribution is 7.92. The molecule has 0 amide bonds. The number of anilines is 1. The third-order valence-electron chi connectivity index (χ3n) is 5.35. The minimum absolute atomic E-state index is 0.0565. The maximum absolute atomic E-state index is 15.4. The summed E-state index contributed by atoms with van der Waals surface area (Å²) >= 11 is 0. The maximum atomic E-state index is 15.4. The van der Waals surface area contributed by atoms with E-state index in [2.05, 4.69) is 15.0 Å². The molecule has 0 saturated carbocycles. The minimum atomic E-state index is -4.15. The van der Waals surface area contributed by atoms with E-state index in [9.17, 15) is 8.42 Å². The number of nitrogens with one attached hydrogen (secondary N) is 1. The molecule has 34 heavy (non-hydrogen) atoms. The lowest BCUT2D eigenvalue weighted by molar-refractivity contribution is 0.388. The van der Waals surface area contributed by atoms with Gasteiger partial charge in [0.25, 0.3) is 10.0 Å². The van der Waals surface area contributed by atoms with E-state index < -0.39 is 15.8 Å². The Morgan fingerprint density at radius 2 is 2.00 bits per heavy atom. The van der Waals surface area contributed by atoms with Crippen LogP contribution in [0.3, 0.4) is 0 Å². The fraction of sp³-hybridized carbons (Fsp3) is 0.273. The molecule has 2 heterocycles. The van der Waals surface area contributed by atoms with Gasteiger partial charge in [0.2, 0.25) is 0 Å². The number of hydrogen-bond donors (Lipinski definition) is 2. The summed E-state index contributed by atoms with van der Waals surface area (Å²) in [5.74, 6) is -0.930. The third-order valence-corrected chi connectivity index (χ3v) is 6.71. The molecule has 0 saturated heterocycles. The second-order valence-electron chi connectivity index (χ2n) is 7.48. The van der Waals surface area contributed by atoms with Gasteiger partial charge in [-0.3, -0.25) is 9.40 Å². The molecule has 3 N–H and O–H groups in total. The number of rotatable bonds is 9. The molecule has 2 aromatic heterocycles. The van der Waals surface area contributed by atoms with Gasteiger partial charge in [0.15, 0.2) is 23.0 Å². The average molecular weight is 490 g/mol. The normalized spacial score (nSPS) is 11.7. The van der Waals surface area contributed by atoms with E-state index in [4.69, 9.17) is 19.7 Å². The van der Waals surface area contributed by atoms with Crippen LogP contribution in [0.1, 0.15) is 23.6 Å². The summed E-state index contributed by atoms with van der Waals surface area (Å²) in [7, 11) is -1.49. The first-order valence-electron chi connectivity index (χ1n) is 10.4. The molecule has 0 radical (unpaired) electrons. The first-order valence-corrected chi connectivity index (χ1v) is 11.9. The molecule has 0 unspecified atom stereocenters. The molecule has 4 aromatic rings. The van der Waals surface area contributed by atoms with Crippen molar-refractivity contribution in [3.05, 3.63) is 59.2 Å². The number of ether oxygens (including phenoxy) is 2. The fourth-order valence-corrected chi connectivity index (χ4v) is 4.81. The number of aryl methyl sites for hydroxylation is 1. The molecule has 0 bridgehead atoms. The van der Waals surface area contributed by atoms with E-state index >= 15 is 4.39 Å². The summed E-state index contributed by atoms with van der Waals surface area (Å²) in [6.07, 6.45) is 3.93. The van der Waals surface area contributed by atoms with Crippen LogP contribution < -0.4 is 19.9 Å². The molecule has 0 atom stereocenters. The summed E-state index contributed by atoms with van der Waals surface area (Å²) in [6, 6.07) is 6.30. The number of halogens is 1. The smallest absolute Gasteiger partial charge is 0.266 e. The first-order chi connectivity index (χ1) is 16.3. The van der Waals surface area contributed by atoms with Gasteiger partial charge in [-0.05, 0) is 30.2 Å². The predicted octanol–water partition coefficient (Wildman–Crippen LogP) is 3.05. The molecule has 0 fully saturated rings. The summed E-state index contributed by atoms with van der Waals surface area (Å²) in [4.78, 5) is -0.0732. The van der Waals surface area contributed by atoms with Crippen molar-refractivity contribution < 1.29 is 26.8 Å². The zero-order valence-corrected chi connectivity index (χ0v) is 19.6. The lowest BCUT2D eigenvalue weighted by atomic mass is 10.1. The van der Waals surface area contributed by atoms with Gasteiger partial charge in [0.1, 0.15) is 16.0 Å². The lowest BCUT2D eigenvalue weighted by Gasteiger charge is -2.13. The van der Waals surface area contributed by atoms with Crippen LogP contribution in [0, 0.1) is 5.82 Å². The highest BCUT2D eigenvalue weighted by Gasteiger charge is 2.27. The van der Waals surface area contributed by atoms with Crippen molar-refractivity contribution in [1.82, 2.24) is 14.9 Å². The quantitative estimate of drug-likeness (QED) is 0.366. The van der Waals surface area contributed by atoms with Crippen molar-refractivity contribution >= 4 is 26.8 Å². The molecule has 12 heteroatoms. The molecular formula is C22H24FN5O5S. The van der Waals surface area contributed by atoms with Crippen molar-refractivity contribution in [3.8, 4) is 11.5 Å². The highest BCUT2D eigenvalue weighted by Crippen LogP contribution is 2.38. The Hall–Kier alpha value is -3.64. The average Bonchev–Trinajstić information content (AvgIpc) is 3.45. The van der Waals surface area contributed by atoms with Crippen LogP contribution in [0.4, 0.5) is 10.2 Å². The molecule has 0 aliphatic carbocycles. The van der Waals surface area contributed by atoms with Crippen LogP contribution >= 0.6 is 0 Å². The molecule has 0 spiro atoms. The summed E-state index contributed by atoms with van der Waals surface area (Å²) in [5.41, 5.74) is 7.57. The topological polar surface area (TPSA) is 134 Å². The zero-order valence-electron chi connectivity index (χ0n) is 18.8. The van der Waals surface area contributed by atoms with Gasteiger partial charge < -0.3 is 19.7 Å². The minimum Gasteiger partial charge on any atom is -0.495 e. The number of nitrogens with zero attached hydrogens (tertiary/aromatic N) is 3. The number of fused-ring (bicyclic) bond motifs is 1. The molecule has 0 aliphatic heterocycles. The maximum Gasteiger partial charge on any atom is 0.266 e. The molecule has 10 nitrogen and oxygen atoms in total. The Morgan fingerprint density at radius 1 is 1.21 bits per heavy atom. The zero-order chi connectivity index (χ0) is 24.5. The highest BCUT2D eigenvalue weighted by atomic mass is 32.2. The third kappa shape index (κ3) is 4.29. The summed E-state index contributed by atoms with van der Waals surface area (Å²) in [6.45, 7) is 2.30. The van der Waals surface area contributed by atoms with E-state index in [1.807, 2.05) is 6.92 Å². The molecular weight excluding hydrogens is 465 g/mol. The standard InChI is InChI=1S/C22H24FN5O5S/c1-4-13-5-6-16(31-2)18(7-13)34(29,30)27-22-19-17(33-26-22)8-15(20(23)21(19)32-3)12-28-11-14(9-24)10-25-28/h5-8,10-11H,4,9,12,24H2,1-3H3,(H,26,27). The van der Waals surface area contributed by atoms with Crippen LogP contribution in [-0.4, -0.2) is 37.6 Å². The molecule has 180 valence electrons. The number of sulfonamides is 1. The van der Waals surface area contributed by atoms with Gasteiger partial charge in [-0.25, -0.2) is 12.8 Å². The Balaban J connectivity index is 1.75. The van der Waals surface area contributed by atoms with Crippen LogP contribution in [0.5, 0.6) is 11.5 Å². The molecule has 0 aliphatic rings. The van der Waals surface area contributed by atoms with E-state index in [1.54, 1.807) is 24.5 Å². The van der Waals surface area contributed by atoms with Crippen LogP contribution in [0.25, 0.3) is 11.0 Å². The Kier molecular flexibility index (Phi) is 6.44. The Labute approximate surface area is 195 Å². The number of nitrogens with two attached hydrogens (primary N) is 1. The van der Waals surface area contributed by atoms with E-state index in [1.165, 1.54) is 31.0 Å². The number of hydrogen-bond acceptors (Lipinski definition) is 8. The lowest BCUT2D eigenvalue weighted by Crippen LogP contribution is -2.15. The van der Waals surface area contributed by atoms with Gasteiger partial charge in [-0.2, -0.15) is 5.10 Å². The van der Waals surface area contributed by atoms with Crippen molar-refractivity contribution in [1.29, 1.82) is 0 Å². The first kappa shape index (κ1) is 23.5. The van der Waals surface area contributed by atoms with Crippen molar-refractivity contribution in [2.24, 2.45) is 5.73 Å². The molecule has 2 aromatic carbocycles. The second-order valence-corrected chi connectivity index (χ2v) is 9.13. The summed E-state index contributed by atoms with van der Waals surface area (Å²) in [5, 5.41) is 8.04. The Morgan fingerprint density at radius 3 is 2.65 bits per heavy atom. The second kappa shape index (κ2) is 9.31. The van der Waals surface area contributed by atoms with Crippen LogP contribution in [-0.2, 0) is 29.5 Å². The van der Waals surface area contributed by atoms with Crippen LogP contribution in [0.15, 0.2) is 46.1 Å². The number of aromatic nitrogens is 3. The van der Waals surface area contributed by atoms with Gasteiger partial charge >= 0.3 is 0 Å². The van der Waals surface area contributed by atoms with Gasteiger partial charge in [0, 0.05) is 23.9 Å². The van der Waals surface area contributed by atoms with Crippen molar-refractivity contribution in [2.75, 3.05) is 18.9 Å². The predicted molar refractivity (Wildman–Crippen MR) is 123 cm³/mol. The Bertz CT molecular complexity index is 1450. The van der Waals surface area contributed by atoms with Crippen molar-refractivity contribution in [3.63, 3.8) is 0 Å². The van der Waals surface area contributed by atoms with E-state index in [-0.39, 0.29) is 45.3 Å². The number of benzene rings is 2. The fourth-order valence-electron chi connectivity index (χ4n) is 3.58. The monoisotopic (exact) mass is 489 g/mol. The van der Waals surface area contributed by atoms with Crippen molar-refractivity contribution in [2.45, 2.75) is 31.3 Å². The summed E-state index contributed by atoms with van der Waals surface area (Å²) < 4.78 is 61.5. The van der Waals surface area contributed by atoms with E-state index in [0.717, 1.165) is 11.1 Å². The number of methoxy groups -OCH3 is 2. The molecule has 4 rings (SSSR count). The van der Waals surface area contributed by atoms with Gasteiger partial charge in [0.05, 0.1) is 27.0 Å². The van der Waals surface area contributed by atoms with Crippen LogP contribution in [0.2, 0.25) is 0 Å². The van der Waals surface area contributed by atoms with E-state index in [0.29, 0.717) is 13.0 Å². The van der Waals surface area contributed by atoms with Gasteiger partial charge in [-0.1, -0.05) is 18.1 Å². The SMILES string of the molecule is CCc1ccc(OC)c(S(=O)(=O)Nc2noc3cc(Cn4cc(CN)cn4)c(F)c(OC)c23)c1. The van der Waals surface area contributed by atoms with Gasteiger partial charge in [-0.15, -0.1) is 0 Å².